The first-order valence-corrected chi connectivity index (χ1v) is 8.88. The van der Waals surface area contributed by atoms with Gasteiger partial charge in [0.15, 0.2) is 0 Å². The van der Waals surface area contributed by atoms with E-state index in [9.17, 15) is 9.59 Å². The van der Waals surface area contributed by atoms with Crippen LogP contribution in [0.4, 0.5) is 4.79 Å². The number of alkyl carbamates (subject to hydrolysis) is 1. The Labute approximate surface area is 149 Å². The van der Waals surface area contributed by atoms with Crippen LogP contribution in [0.5, 0.6) is 0 Å². The van der Waals surface area contributed by atoms with Crippen molar-refractivity contribution >= 4 is 12.1 Å². The molecular weight excluding hydrogens is 318 g/mol. The Balaban J connectivity index is 2.15. The largest absolute Gasteiger partial charge is 0.463 e. The van der Waals surface area contributed by atoms with Crippen LogP contribution >= 0.6 is 0 Å². The molecule has 0 bridgehead atoms. The number of amides is 1. The van der Waals surface area contributed by atoms with Gasteiger partial charge in [0.2, 0.25) is 0 Å². The molecule has 0 aliphatic heterocycles. The van der Waals surface area contributed by atoms with Crippen LogP contribution in [0.25, 0.3) is 0 Å². The number of rotatable bonds is 6. The maximum Gasteiger partial charge on any atom is 0.407 e. The van der Waals surface area contributed by atoms with Crippen molar-refractivity contribution in [1.82, 2.24) is 5.32 Å². The Morgan fingerprint density at radius 3 is 2.28 bits per heavy atom. The predicted octanol–water partition coefficient (Wildman–Crippen LogP) is 3.95. The van der Waals surface area contributed by atoms with E-state index in [1.54, 1.807) is 13.8 Å². The highest BCUT2D eigenvalue weighted by Gasteiger charge is 2.42. The summed E-state index contributed by atoms with van der Waals surface area (Å²) >= 11 is 0. The summed E-state index contributed by atoms with van der Waals surface area (Å²) in [6, 6.07) is 10.3. The van der Waals surface area contributed by atoms with Gasteiger partial charge in [0.1, 0.15) is 0 Å². The molecule has 1 aliphatic rings. The van der Waals surface area contributed by atoms with E-state index in [2.05, 4.69) is 24.0 Å². The van der Waals surface area contributed by atoms with Crippen LogP contribution in [-0.4, -0.2) is 30.8 Å². The van der Waals surface area contributed by atoms with Crippen LogP contribution in [0.1, 0.15) is 51.0 Å². The Morgan fingerprint density at radius 2 is 1.72 bits per heavy atom. The van der Waals surface area contributed by atoms with Gasteiger partial charge in [-0.1, -0.05) is 36.9 Å². The quantitative estimate of drug-likeness (QED) is 0.626. The van der Waals surface area contributed by atoms with Gasteiger partial charge in [-0.3, -0.25) is 0 Å². The zero-order valence-corrected chi connectivity index (χ0v) is 15.0. The number of nitrogens with one attached hydrogen (secondary N) is 1. The van der Waals surface area contributed by atoms with Crippen molar-refractivity contribution in [3.05, 3.63) is 48.0 Å². The number of carbonyl (C=O) groups is 2. The van der Waals surface area contributed by atoms with E-state index in [1.165, 1.54) is 5.56 Å². The SMILES string of the molecule is C=C(C(=O)OCC)C1(NC(=O)OCC)CCC(c2ccccc2)CC1. The van der Waals surface area contributed by atoms with Crippen molar-refractivity contribution in [3.63, 3.8) is 0 Å². The third kappa shape index (κ3) is 4.62. The second kappa shape index (κ2) is 8.70. The van der Waals surface area contributed by atoms with Crippen LogP contribution in [0.2, 0.25) is 0 Å². The van der Waals surface area contributed by atoms with E-state index in [0.717, 1.165) is 12.8 Å². The fourth-order valence-corrected chi connectivity index (χ4v) is 3.45. The average molecular weight is 345 g/mol. The number of hydrogen-bond acceptors (Lipinski definition) is 4. The molecule has 0 spiro atoms. The van der Waals surface area contributed by atoms with Crippen molar-refractivity contribution in [1.29, 1.82) is 0 Å². The van der Waals surface area contributed by atoms with Crippen molar-refractivity contribution in [2.45, 2.75) is 51.0 Å². The van der Waals surface area contributed by atoms with E-state index in [-0.39, 0.29) is 13.2 Å². The molecule has 1 N–H and O–H groups in total. The molecule has 0 radical (unpaired) electrons. The highest BCUT2D eigenvalue weighted by Crippen LogP contribution is 2.41. The molecule has 5 heteroatoms. The second-order valence-electron chi connectivity index (χ2n) is 6.31. The lowest BCUT2D eigenvalue weighted by atomic mass is 9.71. The summed E-state index contributed by atoms with van der Waals surface area (Å²) in [5.74, 6) is -0.0502. The summed E-state index contributed by atoms with van der Waals surface area (Å²) in [5, 5.41) is 2.88. The topological polar surface area (TPSA) is 64.6 Å². The maximum atomic E-state index is 12.2. The first kappa shape index (κ1) is 19.0. The summed E-state index contributed by atoms with van der Waals surface area (Å²) < 4.78 is 10.1. The van der Waals surface area contributed by atoms with Crippen molar-refractivity contribution in [2.24, 2.45) is 0 Å². The molecule has 2 rings (SSSR count). The van der Waals surface area contributed by atoms with E-state index in [1.807, 2.05) is 18.2 Å². The molecule has 0 aromatic heterocycles. The normalized spacial score (nSPS) is 22.7. The number of esters is 1. The second-order valence-corrected chi connectivity index (χ2v) is 6.31. The molecular formula is C20H27NO4. The first-order chi connectivity index (χ1) is 12.0. The van der Waals surface area contributed by atoms with Gasteiger partial charge in [-0.05, 0) is 51.0 Å². The minimum absolute atomic E-state index is 0.278. The lowest BCUT2D eigenvalue weighted by Crippen LogP contribution is -2.53. The molecule has 5 nitrogen and oxygen atoms in total. The summed E-state index contributed by atoms with van der Waals surface area (Å²) in [6.07, 6.45) is 2.45. The van der Waals surface area contributed by atoms with Gasteiger partial charge in [0.25, 0.3) is 0 Å². The summed E-state index contributed by atoms with van der Waals surface area (Å²) in [5.41, 5.74) is 0.784. The van der Waals surface area contributed by atoms with Gasteiger partial charge >= 0.3 is 12.1 Å². The van der Waals surface area contributed by atoms with Crippen LogP contribution in [0.3, 0.4) is 0 Å². The van der Waals surface area contributed by atoms with Crippen molar-refractivity contribution in [2.75, 3.05) is 13.2 Å². The van der Waals surface area contributed by atoms with E-state index in [0.29, 0.717) is 24.3 Å². The molecule has 1 aromatic carbocycles. The first-order valence-electron chi connectivity index (χ1n) is 8.88. The molecule has 0 unspecified atom stereocenters. The average Bonchev–Trinajstić information content (AvgIpc) is 2.62. The minimum Gasteiger partial charge on any atom is -0.463 e. The van der Waals surface area contributed by atoms with Crippen molar-refractivity contribution in [3.8, 4) is 0 Å². The lowest BCUT2D eigenvalue weighted by Gasteiger charge is -2.41. The maximum absolute atomic E-state index is 12.2. The third-order valence-corrected chi connectivity index (χ3v) is 4.83. The molecule has 25 heavy (non-hydrogen) atoms. The summed E-state index contributed by atoms with van der Waals surface area (Å²) in [6.45, 7) is 7.99. The number of hydrogen-bond donors (Lipinski definition) is 1. The van der Waals surface area contributed by atoms with Gasteiger partial charge in [0.05, 0.1) is 24.3 Å². The van der Waals surface area contributed by atoms with E-state index >= 15 is 0 Å². The summed E-state index contributed by atoms with van der Waals surface area (Å²) in [4.78, 5) is 24.3. The van der Waals surface area contributed by atoms with Crippen LogP contribution in [-0.2, 0) is 14.3 Å². The van der Waals surface area contributed by atoms with Gasteiger partial charge in [-0.15, -0.1) is 0 Å². The van der Waals surface area contributed by atoms with Crippen LogP contribution in [0, 0.1) is 0 Å². The minimum atomic E-state index is -0.802. The number of carbonyl (C=O) groups excluding carboxylic acids is 2. The van der Waals surface area contributed by atoms with Gasteiger partial charge < -0.3 is 14.8 Å². The van der Waals surface area contributed by atoms with Crippen LogP contribution < -0.4 is 5.32 Å². The molecule has 0 saturated heterocycles. The molecule has 1 amide bonds. The molecule has 1 aromatic rings. The van der Waals surface area contributed by atoms with Gasteiger partial charge in [0, 0.05) is 0 Å². The summed E-state index contributed by atoms with van der Waals surface area (Å²) in [7, 11) is 0. The molecule has 0 atom stereocenters. The molecule has 1 aliphatic carbocycles. The lowest BCUT2D eigenvalue weighted by molar-refractivity contribution is -0.139. The highest BCUT2D eigenvalue weighted by atomic mass is 16.5. The smallest absolute Gasteiger partial charge is 0.407 e. The molecule has 136 valence electrons. The van der Waals surface area contributed by atoms with Crippen molar-refractivity contribution < 1.29 is 19.1 Å². The zero-order valence-electron chi connectivity index (χ0n) is 15.0. The predicted molar refractivity (Wildman–Crippen MR) is 96.3 cm³/mol. The monoisotopic (exact) mass is 345 g/mol. The highest BCUT2D eigenvalue weighted by molar-refractivity contribution is 5.91. The van der Waals surface area contributed by atoms with Gasteiger partial charge in [-0.2, -0.15) is 0 Å². The molecule has 1 fully saturated rings. The van der Waals surface area contributed by atoms with E-state index in [4.69, 9.17) is 9.47 Å². The standard InChI is InChI=1S/C20H27NO4/c1-4-24-18(22)15(3)20(21-19(23)25-5-2)13-11-17(12-14-20)16-9-7-6-8-10-16/h6-10,17H,3-5,11-14H2,1-2H3,(H,21,23). The fourth-order valence-electron chi connectivity index (χ4n) is 3.45. The molecule has 1 saturated carbocycles. The Morgan fingerprint density at radius 1 is 1.12 bits per heavy atom. The van der Waals surface area contributed by atoms with Gasteiger partial charge in [-0.25, -0.2) is 9.59 Å². The fraction of sp³-hybridized carbons (Fsp3) is 0.500. The number of benzene rings is 1. The van der Waals surface area contributed by atoms with Crippen LogP contribution in [0.15, 0.2) is 42.5 Å². The Kier molecular flexibility index (Phi) is 6.62. The number of ether oxygens (including phenoxy) is 2. The zero-order chi connectivity index (χ0) is 18.3. The third-order valence-electron chi connectivity index (χ3n) is 4.83. The Hall–Kier alpha value is -2.30. The Bertz CT molecular complexity index is 603. The molecule has 0 heterocycles. The van der Waals surface area contributed by atoms with E-state index < -0.39 is 17.6 Å².